The molecular weight excluding hydrogens is 345 g/mol. The molecule has 0 aliphatic heterocycles. The number of halogens is 1. The van der Waals surface area contributed by atoms with E-state index >= 15 is 0 Å². The van der Waals surface area contributed by atoms with Gasteiger partial charge in [-0.2, -0.15) is 0 Å². The Labute approximate surface area is 149 Å². The Hall–Kier alpha value is -2.54. The summed E-state index contributed by atoms with van der Waals surface area (Å²) in [5.41, 5.74) is 0.239. The van der Waals surface area contributed by atoms with E-state index in [9.17, 15) is 14.0 Å². The number of hydrogen-bond acceptors (Lipinski definition) is 5. The van der Waals surface area contributed by atoms with Gasteiger partial charge in [-0.25, -0.2) is 9.18 Å². The monoisotopic (exact) mass is 363 g/mol. The molecule has 0 aliphatic rings. The highest BCUT2D eigenvalue weighted by Gasteiger charge is 2.22. The molecule has 5 nitrogen and oxygen atoms in total. The molecule has 0 unspecified atom stereocenters. The Bertz CT molecular complexity index is 781. The predicted molar refractivity (Wildman–Crippen MR) is 94.7 cm³/mol. The first-order chi connectivity index (χ1) is 12.0. The van der Waals surface area contributed by atoms with Gasteiger partial charge in [0, 0.05) is 4.90 Å². The summed E-state index contributed by atoms with van der Waals surface area (Å²) < 4.78 is 23.9. The first-order valence-corrected chi connectivity index (χ1v) is 8.67. The van der Waals surface area contributed by atoms with Gasteiger partial charge in [-0.05, 0) is 43.5 Å². The van der Waals surface area contributed by atoms with Crippen molar-refractivity contribution in [1.82, 2.24) is 0 Å². The molecule has 2 aromatic carbocycles. The number of carbonyl (C=O) groups excluding carboxylic acids is 2. The standard InChI is InChI=1S/C18H18FNO4S/c1-11(17(21)20-15-7-5-4-6-14(15)19)24-18(22)13-9-8-12(25-3)10-16(13)23-2/h4-11H,1-3H3,(H,20,21)/t11-/m0/s1. The molecule has 0 aliphatic carbocycles. The van der Waals surface area contributed by atoms with E-state index in [0.29, 0.717) is 5.75 Å². The smallest absolute Gasteiger partial charge is 0.342 e. The average Bonchev–Trinajstić information content (AvgIpc) is 2.62. The van der Waals surface area contributed by atoms with Gasteiger partial charge in [0.15, 0.2) is 6.10 Å². The zero-order valence-electron chi connectivity index (χ0n) is 14.0. The van der Waals surface area contributed by atoms with Crippen LogP contribution in [0.5, 0.6) is 5.75 Å². The van der Waals surface area contributed by atoms with Crippen molar-refractivity contribution in [2.24, 2.45) is 0 Å². The number of thioether (sulfide) groups is 1. The second-order valence-corrected chi connectivity index (χ2v) is 5.96. The Kier molecular flexibility index (Phi) is 6.41. The predicted octanol–water partition coefficient (Wildman–Crippen LogP) is 3.74. The van der Waals surface area contributed by atoms with E-state index in [2.05, 4.69) is 5.32 Å². The number of anilines is 1. The first-order valence-electron chi connectivity index (χ1n) is 7.44. The van der Waals surface area contributed by atoms with E-state index in [1.807, 2.05) is 6.26 Å². The Morgan fingerprint density at radius 3 is 2.56 bits per heavy atom. The second-order valence-electron chi connectivity index (χ2n) is 5.08. The number of amides is 1. The van der Waals surface area contributed by atoms with Crippen LogP contribution >= 0.6 is 11.8 Å². The molecule has 0 heterocycles. The molecule has 0 aromatic heterocycles. The summed E-state index contributed by atoms with van der Waals surface area (Å²) in [5.74, 6) is -1.53. The molecular formula is C18H18FNO4S. The van der Waals surface area contributed by atoms with Crippen LogP contribution in [0.25, 0.3) is 0 Å². The molecule has 1 amide bonds. The van der Waals surface area contributed by atoms with E-state index in [4.69, 9.17) is 9.47 Å². The van der Waals surface area contributed by atoms with Crippen LogP contribution in [0, 0.1) is 5.82 Å². The van der Waals surface area contributed by atoms with E-state index in [1.165, 1.54) is 44.0 Å². The van der Waals surface area contributed by atoms with Gasteiger partial charge in [0.2, 0.25) is 0 Å². The van der Waals surface area contributed by atoms with Crippen molar-refractivity contribution in [3.63, 3.8) is 0 Å². The van der Waals surface area contributed by atoms with Gasteiger partial charge < -0.3 is 14.8 Å². The topological polar surface area (TPSA) is 64.6 Å². The number of methoxy groups -OCH3 is 1. The van der Waals surface area contributed by atoms with Gasteiger partial charge in [0.1, 0.15) is 17.1 Å². The highest BCUT2D eigenvalue weighted by Crippen LogP contribution is 2.26. The molecule has 132 valence electrons. The summed E-state index contributed by atoms with van der Waals surface area (Å²) in [7, 11) is 1.45. The maximum absolute atomic E-state index is 13.6. The second kappa shape index (κ2) is 8.53. The summed E-state index contributed by atoms with van der Waals surface area (Å²) in [6, 6.07) is 10.8. The van der Waals surface area contributed by atoms with Crippen molar-refractivity contribution in [2.45, 2.75) is 17.9 Å². The SMILES string of the molecule is COc1cc(SC)ccc1C(=O)O[C@@H](C)C(=O)Nc1ccccc1F. The van der Waals surface area contributed by atoms with Crippen LogP contribution in [-0.2, 0) is 9.53 Å². The zero-order chi connectivity index (χ0) is 18.4. The maximum atomic E-state index is 13.6. The maximum Gasteiger partial charge on any atom is 0.342 e. The number of para-hydroxylation sites is 1. The molecule has 0 fully saturated rings. The minimum atomic E-state index is -1.10. The molecule has 2 rings (SSSR count). The summed E-state index contributed by atoms with van der Waals surface area (Å²) in [5, 5.41) is 2.39. The molecule has 1 atom stereocenters. The molecule has 0 bridgehead atoms. The van der Waals surface area contributed by atoms with E-state index in [-0.39, 0.29) is 11.3 Å². The molecule has 0 spiro atoms. The van der Waals surface area contributed by atoms with Crippen molar-refractivity contribution in [2.75, 3.05) is 18.7 Å². The highest BCUT2D eigenvalue weighted by molar-refractivity contribution is 7.98. The number of rotatable bonds is 6. The molecule has 0 radical (unpaired) electrons. The lowest BCUT2D eigenvalue weighted by Crippen LogP contribution is -2.30. The van der Waals surface area contributed by atoms with Crippen molar-refractivity contribution < 1.29 is 23.5 Å². The summed E-state index contributed by atoms with van der Waals surface area (Å²) in [4.78, 5) is 25.3. The van der Waals surface area contributed by atoms with Gasteiger partial charge in [-0.3, -0.25) is 4.79 Å². The Morgan fingerprint density at radius 1 is 1.20 bits per heavy atom. The van der Waals surface area contributed by atoms with Crippen molar-refractivity contribution >= 4 is 29.3 Å². The minimum absolute atomic E-state index is 0.0253. The largest absolute Gasteiger partial charge is 0.496 e. The van der Waals surface area contributed by atoms with Gasteiger partial charge in [0.25, 0.3) is 5.91 Å². The molecule has 1 N–H and O–H groups in total. The number of ether oxygens (including phenoxy) is 2. The van der Waals surface area contributed by atoms with Crippen LogP contribution < -0.4 is 10.1 Å². The molecule has 0 saturated heterocycles. The lowest BCUT2D eigenvalue weighted by Gasteiger charge is -2.15. The lowest BCUT2D eigenvalue weighted by molar-refractivity contribution is -0.123. The molecule has 2 aromatic rings. The van der Waals surface area contributed by atoms with E-state index < -0.39 is 23.8 Å². The van der Waals surface area contributed by atoms with Crippen LogP contribution in [0.3, 0.4) is 0 Å². The lowest BCUT2D eigenvalue weighted by atomic mass is 10.2. The van der Waals surface area contributed by atoms with Crippen molar-refractivity contribution in [3.8, 4) is 5.75 Å². The van der Waals surface area contributed by atoms with E-state index in [0.717, 1.165) is 4.90 Å². The molecule has 0 saturated carbocycles. The third-order valence-electron chi connectivity index (χ3n) is 3.41. The fourth-order valence-electron chi connectivity index (χ4n) is 2.04. The van der Waals surface area contributed by atoms with Crippen LogP contribution in [0.2, 0.25) is 0 Å². The van der Waals surface area contributed by atoms with Gasteiger partial charge >= 0.3 is 5.97 Å². The van der Waals surface area contributed by atoms with Crippen LogP contribution in [0.4, 0.5) is 10.1 Å². The summed E-state index contributed by atoms with van der Waals surface area (Å²) in [6.07, 6.45) is 0.805. The quantitative estimate of drug-likeness (QED) is 0.626. The number of hydrogen-bond donors (Lipinski definition) is 1. The summed E-state index contributed by atoms with van der Waals surface area (Å²) in [6.45, 7) is 1.41. The minimum Gasteiger partial charge on any atom is -0.496 e. The fraction of sp³-hybridized carbons (Fsp3) is 0.222. The normalized spacial score (nSPS) is 11.5. The van der Waals surface area contributed by atoms with E-state index in [1.54, 1.807) is 24.3 Å². The Balaban J connectivity index is 2.07. The molecule has 7 heteroatoms. The number of nitrogens with one attached hydrogen (secondary N) is 1. The van der Waals surface area contributed by atoms with Crippen molar-refractivity contribution in [3.05, 3.63) is 53.8 Å². The number of benzene rings is 2. The van der Waals surface area contributed by atoms with Crippen LogP contribution in [0.1, 0.15) is 17.3 Å². The first kappa shape index (κ1) is 18.8. The van der Waals surface area contributed by atoms with Gasteiger partial charge in [0.05, 0.1) is 12.8 Å². The molecule has 25 heavy (non-hydrogen) atoms. The zero-order valence-corrected chi connectivity index (χ0v) is 14.9. The van der Waals surface area contributed by atoms with Crippen LogP contribution in [-0.4, -0.2) is 31.3 Å². The van der Waals surface area contributed by atoms with Crippen molar-refractivity contribution in [1.29, 1.82) is 0 Å². The third kappa shape index (κ3) is 4.73. The summed E-state index contributed by atoms with van der Waals surface area (Å²) >= 11 is 1.51. The number of carbonyl (C=O) groups is 2. The van der Waals surface area contributed by atoms with Gasteiger partial charge in [-0.15, -0.1) is 11.8 Å². The Morgan fingerprint density at radius 2 is 1.92 bits per heavy atom. The van der Waals surface area contributed by atoms with Crippen LogP contribution in [0.15, 0.2) is 47.4 Å². The number of esters is 1. The average molecular weight is 363 g/mol. The van der Waals surface area contributed by atoms with Gasteiger partial charge in [-0.1, -0.05) is 12.1 Å². The fourth-order valence-corrected chi connectivity index (χ4v) is 2.47. The highest BCUT2D eigenvalue weighted by atomic mass is 32.2. The third-order valence-corrected chi connectivity index (χ3v) is 4.14.